The van der Waals surface area contributed by atoms with Crippen LogP contribution in [0.25, 0.3) is 0 Å². The number of carboxylic acids is 1. The van der Waals surface area contributed by atoms with Gasteiger partial charge >= 0.3 is 5.97 Å². The van der Waals surface area contributed by atoms with Crippen molar-refractivity contribution in [3.8, 4) is 0 Å². The van der Waals surface area contributed by atoms with Gasteiger partial charge < -0.3 is 10.0 Å². The zero-order valence-electron chi connectivity index (χ0n) is 11.2. The quantitative estimate of drug-likeness (QED) is 0.932. The van der Waals surface area contributed by atoms with Gasteiger partial charge in [0.05, 0.1) is 23.5 Å². The molecule has 21 heavy (non-hydrogen) atoms. The van der Waals surface area contributed by atoms with Crippen molar-refractivity contribution in [3.63, 3.8) is 0 Å². The Balaban J connectivity index is 1.64. The Morgan fingerprint density at radius 1 is 1.29 bits per heavy atom. The maximum absolute atomic E-state index is 10.9. The SMILES string of the molecule is O=C(O)c1ccn(C2CCN(c3ncc(Cl)cn3)CC2)n1. The molecule has 0 aromatic carbocycles. The number of carboxylic acid groups (broad SMARTS) is 1. The average Bonchev–Trinajstić information content (AvgIpc) is 2.98. The number of aromatic carboxylic acids is 1. The van der Waals surface area contributed by atoms with E-state index in [0.29, 0.717) is 11.0 Å². The topological polar surface area (TPSA) is 84.1 Å². The molecule has 7 nitrogen and oxygen atoms in total. The van der Waals surface area contributed by atoms with E-state index in [9.17, 15) is 4.79 Å². The number of hydrogen-bond donors (Lipinski definition) is 1. The van der Waals surface area contributed by atoms with Gasteiger partial charge in [-0.05, 0) is 18.9 Å². The minimum absolute atomic E-state index is 0.0819. The molecule has 0 atom stereocenters. The summed E-state index contributed by atoms with van der Waals surface area (Å²) in [6.45, 7) is 1.60. The van der Waals surface area contributed by atoms with Crippen LogP contribution in [0.1, 0.15) is 29.4 Å². The minimum Gasteiger partial charge on any atom is -0.476 e. The lowest BCUT2D eigenvalue weighted by atomic mass is 10.1. The van der Waals surface area contributed by atoms with Crippen molar-refractivity contribution < 1.29 is 9.90 Å². The van der Waals surface area contributed by atoms with E-state index in [2.05, 4.69) is 20.0 Å². The van der Waals surface area contributed by atoms with Crippen LogP contribution in [-0.4, -0.2) is 43.9 Å². The van der Waals surface area contributed by atoms with Crippen molar-refractivity contribution in [1.29, 1.82) is 0 Å². The molecule has 0 saturated carbocycles. The van der Waals surface area contributed by atoms with Gasteiger partial charge in [0.1, 0.15) is 0 Å². The number of halogens is 1. The lowest BCUT2D eigenvalue weighted by Crippen LogP contribution is -2.35. The van der Waals surface area contributed by atoms with Crippen molar-refractivity contribution >= 4 is 23.5 Å². The van der Waals surface area contributed by atoms with Gasteiger partial charge in [-0.1, -0.05) is 11.6 Å². The summed E-state index contributed by atoms with van der Waals surface area (Å²) in [7, 11) is 0. The molecule has 0 unspecified atom stereocenters. The number of nitrogens with zero attached hydrogens (tertiary/aromatic N) is 5. The molecule has 1 fully saturated rings. The van der Waals surface area contributed by atoms with Gasteiger partial charge in [-0.2, -0.15) is 5.10 Å². The monoisotopic (exact) mass is 307 g/mol. The van der Waals surface area contributed by atoms with Crippen molar-refractivity contribution in [2.24, 2.45) is 0 Å². The Hall–Kier alpha value is -2.15. The van der Waals surface area contributed by atoms with Crippen LogP contribution in [0.5, 0.6) is 0 Å². The fourth-order valence-electron chi connectivity index (χ4n) is 2.45. The third kappa shape index (κ3) is 2.97. The van der Waals surface area contributed by atoms with E-state index in [1.807, 2.05) is 0 Å². The summed E-state index contributed by atoms with van der Waals surface area (Å²) in [4.78, 5) is 21.4. The van der Waals surface area contributed by atoms with E-state index in [1.54, 1.807) is 23.3 Å². The lowest BCUT2D eigenvalue weighted by Gasteiger charge is -2.31. The number of rotatable bonds is 3. The Labute approximate surface area is 126 Å². The summed E-state index contributed by atoms with van der Waals surface area (Å²) >= 11 is 5.78. The number of piperidine rings is 1. The zero-order valence-corrected chi connectivity index (χ0v) is 11.9. The fourth-order valence-corrected chi connectivity index (χ4v) is 2.55. The Morgan fingerprint density at radius 3 is 2.52 bits per heavy atom. The highest BCUT2D eigenvalue weighted by molar-refractivity contribution is 6.30. The molecular formula is C13H14ClN5O2. The van der Waals surface area contributed by atoms with Gasteiger partial charge in [0.2, 0.25) is 5.95 Å². The summed E-state index contributed by atoms with van der Waals surface area (Å²) in [5, 5.41) is 13.5. The third-order valence-corrected chi connectivity index (χ3v) is 3.75. The van der Waals surface area contributed by atoms with Crippen LogP contribution >= 0.6 is 11.6 Å². The van der Waals surface area contributed by atoms with Crippen LogP contribution in [0.2, 0.25) is 5.02 Å². The smallest absolute Gasteiger partial charge is 0.356 e. The molecule has 1 N–H and O–H groups in total. The predicted octanol–water partition coefficient (Wildman–Crippen LogP) is 1.87. The highest BCUT2D eigenvalue weighted by atomic mass is 35.5. The second-order valence-electron chi connectivity index (χ2n) is 4.91. The van der Waals surface area contributed by atoms with Crippen molar-refractivity contribution in [2.45, 2.75) is 18.9 Å². The van der Waals surface area contributed by atoms with Gasteiger partial charge in [0, 0.05) is 19.3 Å². The van der Waals surface area contributed by atoms with Gasteiger partial charge in [0.25, 0.3) is 0 Å². The van der Waals surface area contributed by atoms with E-state index in [0.717, 1.165) is 25.9 Å². The maximum Gasteiger partial charge on any atom is 0.356 e. The summed E-state index contributed by atoms with van der Waals surface area (Å²) in [6, 6.07) is 1.73. The van der Waals surface area contributed by atoms with Crippen LogP contribution in [0.15, 0.2) is 24.7 Å². The molecule has 0 aliphatic carbocycles. The van der Waals surface area contributed by atoms with E-state index >= 15 is 0 Å². The molecular weight excluding hydrogens is 294 g/mol. The van der Waals surface area contributed by atoms with E-state index in [1.165, 1.54) is 6.07 Å². The fraction of sp³-hybridized carbons (Fsp3) is 0.385. The van der Waals surface area contributed by atoms with Crippen LogP contribution in [0, 0.1) is 0 Å². The zero-order chi connectivity index (χ0) is 14.8. The molecule has 2 aromatic rings. The van der Waals surface area contributed by atoms with Crippen molar-refractivity contribution in [1.82, 2.24) is 19.7 Å². The number of anilines is 1. The molecule has 2 aromatic heterocycles. The highest BCUT2D eigenvalue weighted by Crippen LogP contribution is 2.24. The molecule has 8 heteroatoms. The van der Waals surface area contributed by atoms with Crippen LogP contribution in [-0.2, 0) is 0 Å². The van der Waals surface area contributed by atoms with Crippen molar-refractivity contribution in [3.05, 3.63) is 35.4 Å². The van der Waals surface area contributed by atoms with Gasteiger partial charge in [-0.25, -0.2) is 14.8 Å². The second-order valence-corrected chi connectivity index (χ2v) is 5.34. The van der Waals surface area contributed by atoms with E-state index in [4.69, 9.17) is 16.7 Å². The normalized spacial score (nSPS) is 16.1. The molecule has 0 spiro atoms. The number of hydrogen-bond acceptors (Lipinski definition) is 5. The first kappa shape index (κ1) is 13.8. The van der Waals surface area contributed by atoms with Gasteiger partial charge in [-0.15, -0.1) is 0 Å². The molecule has 3 heterocycles. The summed E-state index contributed by atoms with van der Waals surface area (Å²) in [5.74, 6) is -0.328. The Morgan fingerprint density at radius 2 is 1.95 bits per heavy atom. The maximum atomic E-state index is 10.9. The van der Waals surface area contributed by atoms with E-state index < -0.39 is 5.97 Å². The molecule has 3 rings (SSSR count). The largest absolute Gasteiger partial charge is 0.476 e. The Kier molecular flexibility index (Phi) is 3.74. The molecule has 1 aliphatic rings. The molecule has 0 bridgehead atoms. The highest BCUT2D eigenvalue weighted by Gasteiger charge is 2.23. The first-order chi connectivity index (χ1) is 10.1. The van der Waals surface area contributed by atoms with E-state index in [-0.39, 0.29) is 11.7 Å². The molecule has 1 saturated heterocycles. The first-order valence-electron chi connectivity index (χ1n) is 6.64. The standard InChI is InChI=1S/C13H14ClN5O2/c14-9-7-15-13(16-8-9)18-4-1-10(2-5-18)19-6-3-11(17-19)12(20)21/h3,6-8,10H,1-2,4-5H2,(H,20,21). The predicted molar refractivity (Wildman–Crippen MR) is 76.7 cm³/mol. The lowest BCUT2D eigenvalue weighted by molar-refractivity contribution is 0.0689. The summed E-state index contributed by atoms with van der Waals surface area (Å²) in [6.07, 6.45) is 6.63. The summed E-state index contributed by atoms with van der Waals surface area (Å²) < 4.78 is 1.74. The number of aromatic nitrogens is 4. The Bertz CT molecular complexity index is 634. The van der Waals surface area contributed by atoms with Crippen LogP contribution in [0.4, 0.5) is 5.95 Å². The molecule has 0 radical (unpaired) electrons. The molecule has 0 amide bonds. The van der Waals surface area contributed by atoms with Crippen LogP contribution < -0.4 is 4.90 Å². The average molecular weight is 308 g/mol. The summed E-state index contributed by atoms with van der Waals surface area (Å²) in [5.41, 5.74) is 0.0819. The second kappa shape index (κ2) is 5.69. The minimum atomic E-state index is -0.999. The number of carbonyl (C=O) groups is 1. The molecule has 110 valence electrons. The first-order valence-corrected chi connectivity index (χ1v) is 7.02. The van der Waals surface area contributed by atoms with Gasteiger partial charge in [-0.3, -0.25) is 4.68 Å². The van der Waals surface area contributed by atoms with Crippen molar-refractivity contribution in [2.75, 3.05) is 18.0 Å². The molecule has 1 aliphatic heterocycles. The third-order valence-electron chi connectivity index (χ3n) is 3.56. The van der Waals surface area contributed by atoms with Crippen LogP contribution in [0.3, 0.4) is 0 Å². The van der Waals surface area contributed by atoms with Gasteiger partial charge in [0.15, 0.2) is 5.69 Å².